The van der Waals surface area contributed by atoms with Crippen LogP contribution < -0.4 is 5.32 Å². The number of hydrogen-bond acceptors (Lipinski definition) is 6. The van der Waals surface area contributed by atoms with E-state index in [1.807, 2.05) is 4.68 Å². The number of Topliss-reactive ketones (excluding diaryl/α,β-unsaturated/α-hetero) is 1. The molecule has 1 heterocycles. The van der Waals surface area contributed by atoms with E-state index >= 15 is 0 Å². The highest BCUT2D eigenvalue weighted by Crippen LogP contribution is 2.30. The van der Waals surface area contributed by atoms with Crippen LogP contribution in [0, 0.1) is 0 Å². The van der Waals surface area contributed by atoms with Gasteiger partial charge in [0, 0.05) is 18.2 Å². The zero-order valence-electron chi connectivity index (χ0n) is 14.1. The first-order chi connectivity index (χ1) is 12.1. The van der Waals surface area contributed by atoms with Crippen LogP contribution in [-0.4, -0.2) is 37.7 Å². The van der Waals surface area contributed by atoms with E-state index in [0.29, 0.717) is 22.4 Å². The van der Waals surface area contributed by atoms with Crippen LogP contribution in [0.1, 0.15) is 55.4 Å². The predicted molar refractivity (Wildman–Crippen MR) is 95.7 cm³/mol. The lowest BCUT2D eigenvalue weighted by molar-refractivity contribution is -0.114. The van der Waals surface area contributed by atoms with E-state index in [0.717, 1.165) is 12.8 Å². The van der Waals surface area contributed by atoms with Crippen molar-refractivity contribution in [1.29, 1.82) is 0 Å². The molecule has 3 rings (SSSR count). The maximum atomic E-state index is 12.4. The van der Waals surface area contributed by atoms with Crippen LogP contribution in [0.4, 0.5) is 5.69 Å². The van der Waals surface area contributed by atoms with Crippen LogP contribution in [0.3, 0.4) is 0 Å². The molecule has 0 bridgehead atoms. The quantitative estimate of drug-likeness (QED) is 0.629. The molecule has 1 aliphatic rings. The molecule has 2 aromatic rings. The Bertz CT molecular complexity index is 738. The Morgan fingerprint density at radius 3 is 2.60 bits per heavy atom. The van der Waals surface area contributed by atoms with Gasteiger partial charge in [0.1, 0.15) is 0 Å². The minimum Gasteiger partial charge on any atom is -0.326 e. The molecule has 1 N–H and O–H groups in total. The van der Waals surface area contributed by atoms with E-state index in [4.69, 9.17) is 0 Å². The number of hydrogen-bond donors (Lipinski definition) is 1. The fraction of sp³-hybridized carbons (Fsp3) is 0.471. The smallest absolute Gasteiger partial charge is 0.221 e. The minimum absolute atomic E-state index is 0.0116. The molecule has 0 unspecified atom stereocenters. The van der Waals surface area contributed by atoms with Gasteiger partial charge in [0.25, 0.3) is 0 Å². The van der Waals surface area contributed by atoms with Crippen LogP contribution in [0.5, 0.6) is 0 Å². The van der Waals surface area contributed by atoms with Crippen molar-refractivity contribution in [3.63, 3.8) is 0 Å². The average Bonchev–Trinajstić information content (AvgIpc) is 3.09. The first kappa shape index (κ1) is 17.6. The van der Waals surface area contributed by atoms with Crippen LogP contribution in [-0.2, 0) is 4.79 Å². The third-order valence-corrected chi connectivity index (χ3v) is 5.18. The summed E-state index contributed by atoms with van der Waals surface area (Å²) in [6.45, 7) is 1.45. The molecule has 1 aromatic heterocycles. The number of tetrazole rings is 1. The lowest BCUT2D eigenvalue weighted by Gasteiger charge is -2.21. The Morgan fingerprint density at radius 1 is 1.20 bits per heavy atom. The van der Waals surface area contributed by atoms with Crippen LogP contribution in [0.15, 0.2) is 29.4 Å². The highest BCUT2D eigenvalue weighted by atomic mass is 32.2. The second-order valence-electron chi connectivity index (χ2n) is 6.17. The van der Waals surface area contributed by atoms with E-state index in [1.165, 1.54) is 37.9 Å². The van der Waals surface area contributed by atoms with Crippen LogP contribution >= 0.6 is 11.8 Å². The van der Waals surface area contributed by atoms with Gasteiger partial charge < -0.3 is 5.32 Å². The molecule has 7 nitrogen and oxygen atoms in total. The summed E-state index contributed by atoms with van der Waals surface area (Å²) >= 11 is 1.37. The molecule has 0 spiro atoms. The van der Waals surface area contributed by atoms with Crippen molar-refractivity contribution < 1.29 is 9.59 Å². The fourth-order valence-electron chi connectivity index (χ4n) is 2.99. The molecule has 1 saturated carbocycles. The molecule has 1 aliphatic carbocycles. The number of carbonyl (C=O) groups is 2. The van der Waals surface area contributed by atoms with Crippen molar-refractivity contribution in [2.45, 2.75) is 50.2 Å². The second-order valence-corrected chi connectivity index (χ2v) is 7.11. The van der Waals surface area contributed by atoms with E-state index in [9.17, 15) is 9.59 Å². The zero-order valence-corrected chi connectivity index (χ0v) is 15.0. The summed E-state index contributed by atoms with van der Waals surface area (Å²) in [5, 5.41) is 15.3. The van der Waals surface area contributed by atoms with Gasteiger partial charge in [-0.2, -0.15) is 0 Å². The molecule has 1 aromatic carbocycles. The molecule has 132 valence electrons. The Kier molecular flexibility index (Phi) is 5.80. The predicted octanol–water partition coefficient (Wildman–Crippen LogP) is 3.11. The number of anilines is 1. The number of rotatable bonds is 6. The highest BCUT2D eigenvalue weighted by molar-refractivity contribution is 7.99. The van der Waals surface area contributed by atoms with E-state index in [1.54, 1.807) is 24.3 Å². The minimum atomic E-state index is -0.135. The summed E-state index contributed by atoms with van der Waals surface area (Å²) in [6.07, 6.45) is 5.87. The third-order valence-electron chi connectivity index (χ3n) is 4.24. The van der Waals surface area contributed by atoms with Crippen molar-refractivity contribution in [1.82, 2.24) is 20.2 Å². The van der Waals surface area contributed by atoms with Crippen molar-refractivity contribution >= 4 is 29.1 Å². The van der Waals surface area contributed by atoms with Crippen molar-refractivity contribution in [3.8, 4) is 0 Å². The van der Waals surface area contributed by atoms with E-state index in [-0.39, 0.29) is 17.4 Å². The van der Waals surface area contributed by atoms with Gasteiger partial charge in [-0.05, 0) is 47.5 Å². The molecular weight excluding hydrogens is 338 g/mol. The maximum Gasteiger partial charge on any atom is 0.221 e. The molecule has 0 radical (unpaired) electrons. The van der Waals surface area contributed by atoms with Gasteiger partial charge in [0.05, 0.1) is 11.8 Å². The number of amides is 1. The lowest BCUT2D eigenvalue weighted by atomic mass is 9.96. The summed E-state index contributed by atoms with van der Waals surface area (Å²) in [5.74, 6) is 0.161. The van der Waals surface area contributed by atoms with E-state index in [2.05, 4.69) is 20.8 Å². The molecule has 1 fully saturated rings. The number of thioether (sulfide) groups is 1. The van der Waals surface area contributed by atoms with Gasteiger partial charge in [-0.1, -0.05) is 31.0 Å². The molecule has 0 saturated heterocycles. The molecule has 8 heteroatoms. The largest absolute Gasteiger partial charge is 0.326 e. The monoisotopic (exact) mass is 359 g/mol. The SMILES string of the molecule is CC(=O)Nc1ccc(C(=O)CSc2nnnn2C2CCCCC2)cc1. The number of nitrogens with one attached hydrogen (secondary N) is 1. The summed E-state index contributed by atoms with van der Waals surface area (Å²) in [6, 6.07) is 7.24. The Morgan fingerprint density at radius 2 is 1.92 bits per heavy atom. The summed E-state index contributed by atoms with van der Waals surface area (Å²) in [7, 11) is 0. The van der Waals surface area contributed by atoms with Crippen molar-refractivity contribution in [2.75, 3.05) is 11.1 Å². The van der Waals surface area contributed by atoms with Gasteiger partial charge in [-0.15, -0.1) is 5.10 Å². The average molecular weight is 359 g/mol. The molecule has 1 amide bonds. The fourth-order valence-corrected chi connectivity index (χ4v) is 3.83. The maximum absolute atomic E-state index is 12.4. The molecule has 25 heavy (non-hydrogen) atoms. The number of aromatic nitrogens is 4. The van der Waals surface area contributed by atoms with Crippen LogP contribution in [0.2, 0.25) is 0 Å². The Labute approximate surface area is 150 Å². The number of nitrogens with zero attached hydrogens (tertiary/aromatic N) is 4. The first-order valence-corrected chi connectivity index (χ1v) is 9.43. The second kappa shape index (κ2) is 8.24. The third kappa shape index (κ3) is 4.66. The normalized spacial score (nSPS) is 15.1. The number of ketones is 1. The van der Waals surface area contributed by atoms with Gasteiger partial charge in [-0.3, -0.25) is 9.59 Å². The summed E-state index contributed by atoms with van der Waals surface area (Å²) in [5.41, 5.74) is 1.29. The summed E-state index contributed by atoms with van der Waals surface area (Å²) < 4.78 is 1.87. The standard InChI is InChI=1S/C17H21N5O2S/c1-12(23)18-14-9-7-13(8-10-14)16(24)11-25-17-19-20-21-22(17)15-5-3-2-4-6-15/h7-10,15H,2-6,11H2,1H3,(H,18,23). The van der Waals surface area contributed by atoms with Gasteiger partial charge >= 0.3 is 0 Å². The van der Waals surface area contributed by atoms with Gasteiger partial charge in [0.15, 0.2) is 5.78 Å². The molecule has 0 atom stereocenters. The van der Waals surface area contributed by atoms with Crippen LogP contribution in [0.25, 0.3) is 0 Å². The van der Waals surface area contributed by atoms with Gasteiger partial charge in [0.2, 0.25) is 11.1 Å². The first-order valence-electron chi connectivity index (χ1n) is 8.45. The van der Waals surface area contributed by atoms with E-state index < -0.39 is 0 Å². The summed E-state index contributed by atoms with van der Waals surface area (Å²) in [4.78, 5) is 23.4. The van der Waals surface area contributed by atoms with Crippen molar-refractivity contribution in [3.05, 3.63) is 29.8 Å². The zero-order chi connectivity index (χ0) is 17.6. The number of carbonyl (C=O) groups excluding carboxylic acids is 2. The number of benzene rings is 1. The Balaban J connectivity index is 1.59. The molecular formula is C17H21N5O2S. The lowest BCUT2D eigenvalue weighted by Crippen LogP contribution is -2.15. The topological polar surface area (TPSA) is 89.8 Å². The Hall–Kier alpha value is -2.22. The van der Waals surface area contributed by atoms with Gasteiger partial charge in [-0.25, -0.2) is 4.68 Å². The highest BCUT2D eigenvalue weighted by Gasteiger charge is 2.21. The molecule has 0 aliphatic heterocycles. The van der Waals surface area contributed by atoms with Crippen molar-refractivity contribution in [2.24, 2.45) is 0 Å².